The highest BCUT2D eigenvalue weighted by atomic mass is 79.9. The van der Waals surface area contributed by atoms with E-state index < -0.39 is 29.2 Å². The summed E-state index contributed by atoms with van der Waals surface area (Å²) in [6.45, 7) is 0. The molecule has 0 saturated carbocycles. The Labute approximate surface area is 268 Å². The van der Waals surface area contributed by atoms with Crippen molar-refractivity contribution < 1.29 is 28.6 Å². The Bertz CT molecular complexity index is 1880. The van der Waals surface area contributed by atoms with Gasteiger partial charge in [0.05, 0.1) is 33.3 Å². The Morgan fingerprint density at radius 3 is 2.18 bits per heavy atom. The molecule has 8 nitrogen and oxygen atoms in total. The molecule has 7 rings (SSSR count). The lowest BCUT2D eigenvalue weighted by molar-refractivity contribution is -0.121. The molecule has 1 amide bonds. The van der Waals surface area contributed by atoms with Crippen LogP contribution in [0.15, 0.2) is 95.5 Å². The number of ether oxygens (including phenoxy) is 3. The molecule has 1 N–H and O–H groups in total. The number of carbonyl (C=O) groups excluding carboxylic acids is 3. The Morgan fingerprint density at radius 1 is 0.822 bits per heavy atom. The van der Waals surface area contributed by atoms with Crippen LogP contribution >= 0.6 is 15.9 Å². The zero-order chi connectivity index (χ0) is 31.5. The predicted molar refractivity (Wildman–Crippen MR) is 175 cm³/mol. The van der Waals surface area contributed by atoms with Gasteiger partial charge in [0.2, 0.25) is 11.7 Å². The third-order valence-corrected chi connectivity index (χ3v) is 9.70. The molecule has 0 bridgehead atoms. The molecule has 0 unspecified atom stereocenters. The summed E-state index contributed by atoms with van der Waals surface area (Å²) in [7, 11) is 4.44. The van der Waals surface area contributed by atoms with E-state index in [2.05, 4.69) is 21.2 Å². The Kier molecular flexibility index (Phi) is 7.00. The van der Waals surface area contributed by atoms with Gasteiger partial charge in [-0.15, -0.1) is 0 Å². The molecule has 4 aromatic carbocycles. The summed E-state index contributed by atoms with van der Waals surface area (Å²) in [4.78, 5) is 46.6. The highest BCUT2D eigenvalue weighted by Gasteiger charge is 2.70. The zero-order valence-corrected chi connectivity index (χ0v) is 26.3. The lowest BCUT2D eigenvalue weighted by Crippen LogP contribution is -2.51. The van der Waals surface area contributed by atoms with E-state index in [9.17, 15) is 9.59 Å². The fourth-order valence-electron chi connectivity index (χ4n) is 7.31. The van der Waals surface area contributed by atoms with Crippen molar-refractivity contribution in [1.82, 2.24) is 0 Å². The zero-order valence-electron chi connectivity index (χ0n) is 24.7. The van der Waals surface area contributed by atoms with Gasteiger partial charge in [0.15, 0.2) is 23.1 Å². The van der Waals surface area contributed by atoms with Crippen molar-refractivity contribution in [2.75, 3.05) is 31.5 Å². The average molecular weight is 666 g/mol. The molecule has 4 aromatic rings. The number of rotatable bonds is 7. The van der Waals surface area contributed by atoms with Crippen LogP contribution in [0, 0.1) is 5.92 Å². The Balaban J connectivity index is 1.53. The van der Waals surface area contributed by atoms with E-state index in [4.69, 9.17) is 14.2 Å². The summed E-state index contributed by atoms with van der Waals surface area (Å²) in [5.74, 6) is -1.21. The van der Waals surface area contributed by atoms with Crippen molar-refractivity contribution in [2.24, 2.45) is 5.92 Å². The summed E-state index contributed by atoms with van der Waals surface area (Å²) in [5.41, 5.74) is 2.19. The molecule has 3 aliphatic rings. The fourth-order valence-corrected chi connectivity index (χ4v) is 7.57. The molecule has 4 atom stereocenters. The lowest BCUT2D eigenvalue weighted by Gasteiger charge is -2.37. The largest absolute Gasteiger partial charge is 0.493 e. The first-order chi connectivity index (χ1) is 21.8. The maximum Gasteiger partial charge on any atom is 0.238 e. The van der Waals surface area contributed by atoms with Gasteiger partial charge in [0, 0.05) is 27.0 Å². The number of para-hydroxylation sites is 2. The normalized spacial score (nSPS) is 22.4. The molecular formula is C36H29BrN2O6. The topological polar surface area (TPSA) is 94.2 Å². The third-order valence-electron chi connectivity index (χ3n) is 9.17. The quantitative estimate of drug-likeness (QED) is 0.231. The number of methoxy groups -OCH3 is 3. The molecule has 45 heavy (non-hydrogen) atoms. The number of Topliss-reactive ketones (excluding diaryl/α,β-unsaturated/α-hetero) is 2. The molecule has 0 aliphatic carbocycles. The van der Waals surface area contributed by atoms with Crippen LogP contribution in [0.25, 0.3) is 6.08 Å². The molecule has 3 heterocycles. The second-order valence-electron chi connectivity index (χ2n) is 11.2. The molecule has 0 aromatic heterocycles. The number of anilines is 2. The van der Waals surface area contributed by atoms with Crippen LogP contribution in [0.1, 0.15) is 31.8 Å². The van der Waals surface area contributed by atoms with Crippen molar-refractivity contribution >= 4 is 50.9 Å². The predicted octanol–water partition coefficient (Wildman–Crippen LogP) is 6.33. The summed E-state index contributed by atoms with van der Waals surface area (Å²) in [6.07, 6.45) is 3.92. The van der Waals surface area contributed by atoms with Gasteiger partial charge in [-0.25, -0.2) is 0 Å². The maximum atomic E-state index is 15.2. The number of benzene rings is 4. The van der Waals surface area contributed by atoms with E-state index in [1.165, 1.54) is 21.3 Å². The van der Waals surface area contributed by atoms with E-state index in [0.717, 1.165) is 15.7 Å². The van der Waals surface area contributed by atoms with Gasteiger partial charge in [0.1, 0.15) is 11.5 Å². The Hall–Kier alpha value is -4.89. The first-order valence-corrected chi connectivity index (χ1v) is 15.2. The van der Waals surface area contributed by atoms with E-state index >= 15 is 4.79 Å². The molecule has 3 aliphatic heterocycles. The van der Waals surface area contributed by atoms with E-state index in [0.29, 0.717) is 34.1 Å². The van der Waals surface area contributed by atoms with Crippen molar-refractivity contribution in [3.63, 3.8) is 0 Å². The smallest absolute Gasteiger partial charge is 0.238 e. The number of halogens is 1. The number of nitrogens with zero attached hydrogens (tertiary/aromatic N) is 1. The number of ketones is 2. The molecule has 226 valence electrons. The van der Waals surface area contributed by atoms with Gasteiger partial charge in [-0.3, -0.25) is 14.4 Å². The number of amides is 1. The van der Waals surface area contributed by atoms with Crippen LogP contribution in [-0.2, 0) is 10.2 Å². The standard InChI is InChI=1S/C36H29BrN2O6/c1-43-27-18-22(19-28(44-2)34(27)45-3)32(40)30-31(33(41)21-12-15-23(37)16-13-21)39-26-11-7-4-8-20(26)14-17-29(39)36(30)24-9-5-6-10-25(24)38-35(36)42/h4-19,29-31H,1-3H3,(H,38,42)/t29-,30+,31-,36+/m1/s1. The summed E-state index contributed by atoms with van der Waals surface area (Å²) < 4.78 is 17.5. The van der Waals surface area contributed by atoms with Crippen molar-refractivity contribution in [1.29, 1.82) is 0 Å². The van der Waals surface area contributed by atoms with Gasteiger partial charge in [-0.05, 0) is 47.5 Å². The van der Waals surface area contributed by atoms with Gasteiger partial charge < -0.3 is 24.4 Å². The van der Waals surface area contributed by atoms with E-state index in [1.54, 1.807) is 36.4 Å². The number of carbonyl (C=O) groups is 3. The first kappa shape index (κ1) is 28.9. The number of fused-ring (bicyclic) bond motifs is 6. The lowest BCUT2D eigenvalue weighted by atomic mass is 9.64. The van der Waals surface area contributed by atoms with Crippen LogP contribution in [0.3, 0.4) is 0 Å². The van der Waals surface area contributed by atoms with E-state index in [-0.39, 0.29) is 17.3 Å². The summed E-state index contributed by atoms with van der Waals surface area (Å²) >= 11 is 3.46. The van der Waals surface area contributed by atoms with Crippen LogP contribution in [0.2, 0.25) is 0 Å². The van der Waals surface area contributed by atoms with E-state index in [1.807, 2.05) is 65.6 Å². The third kappa shape index (κ3) is 4.14. The molecule has 0 radical (unpaired) electrons. The van der Waals surface area contributed by atoms with Crippen molar-refractivity contribution in [3.8, 4) is 17.2 Å². The van der Waals surface area contributed by atoms with Gasteiger partial charge in [0.25, 0.3) is 0 Å². The SMILES string of the molecule is COc1cc(C(=O)[C@@H]2[C@H](C(=O)c3ccc(Br)cc3)N3c4ccccc4C=C[C@@H]3[C@]23C(=O)Nc2ccccc23)cc(OC)c1OC. The molecule has 1 fully saturated rings. The highest BCUT2D eigenvalue weighted by Crippen LogP contribution is 2.58. The van der Waals surface area contributed by atoms with Crippen LogP contribution in [0.5, 0.6) is 17.2 Å². The minimum atomic E-state index is -1.44. The molecule has 9 heteroatoms. The first-order valence-electron chi connectivity index (χ1n) is 14.5. The Morgan fingerprint density at radius 2 is 1.49 bits per heavy atom. The second-order valence-corrected chi connectivity index (χ2v) is 12.1. The number of hydrogen-bond acceptors (Lipinski definition) is 7. The van der Waals surface area contributed by atoms with Crippen molar-refractivity contribution in [2.45, 2.75) is 17.5 Å². The number of hydrogen-bond donors (Lipinski definition) is 1. The van der Waals surface area contributed by atoms with Crippen LogP contribution < -0.4 is 24.4 Å². The fraction of sp³-hybridized carbons (Fsp3) is 0.194. The monoisotopic (exact) mass is 664 g/mol. The molecular weight excluding hydrogens is 636 g/mol. The van der Waals surface area contributed by atoms with Crippen LogP contribution in [-0.4, -0.2) is 50.9 Å². The molecule has 1 spiro atoms. The molecule has 1 saturated heterocycles. The van der Waals surface area contributed by atoms with Crippen molar-refractivity contribution in [3.05, 3.63) is 118 Å². The van der Waals surface area contributed by atoms with Gasteiger partial charge in [-0.2, -0.15) is 0 Å². The summed E-state index contributed by atoms with van der Waals surface area (Å²) in [5, 5.41) is 3.05. The second kappa shape index (κ2) is 10.9. The summed E-state index contributed by atoms with van der Waals surface area (Å²) in [6, 6.07) is 23.7. The maximum absolute atomic E-state index is 15.2. The highest BCUT2D eigenvalue weighted by molar-refractivity contribution is 9.10. The average Bonchev–Trinajstić information content (AvgIpc) is 3.55. The minimum Gasteiger partial charge on any atom is -0.493 e. The van der Waals surface area contributed by atoms with Gasteiger partial charge in [-0.1, -0.05) is 76.6 Å². The van der Waals surface area contributed by atoms with Gasteiger partial charge >= 0.3 is 0 Å². The minimum absolute atomic E-state index is 0.233. The number of nitrogens with one attached hydrogen (secondary N) is 1. The van der Waals surface area contributed by atoms with Crippen LogP contribution in [0.4, 0.5) is 11.4 Å².